The van der Waals surface area contributed by atoms with Crippen LogP contribution in [0.25, 0.3) is 0 Å². The highest BCUT2D eigenvalue weighted by atomic mass is 79.9. The summed E-state index contributed by atoms with van der Waals surface area (Å²) in [5.74, 6) is 0.826. The lowest BCUT2D eigenvalue weighted by Gasteiger charge is -2.36. The van der Waals surface area contributed by atoms with Crippen LogP contribution in [0.15, 0.2) is 16.6 Å². The maximum Gasteiger partial charge on any atom is 0.410 e. The highest BCUT2D eigenvalue weighted by molar-refractivity contribution is 9.10. The van der Waals surface area contributed by atoms with Crippen LogP contribution in [0.2, 0.25) is 0 Å². The van der Waals surface area contributed by atoms with Gasteiger partial charge < -0.3 is 14.4 Å². The van der Waals surface area contributed by atoms with E-state index >= 15 is 0 Å². The summed E-state index contributed by atoms with van der Waals surface area (Å²) in [5, 5.41) is 0. The topological polar surface area (TPSA) is 38.8 Å². The van der Waals surface area contributed by atoms with Crippen molar-refractivity contribution in [2.24, 2.45) is 0 Å². The quantitative estimate of drug-likeness (QED) is 0.753. The third-order valence-electron chi connectivity index (χ3n) is 3.58. The summed E-state index contributed by atoms with van der Waals surface area (Å²) >= 11 is 3.51. The van der Waals surface area contributed by atoms with Crippen molar-refractivity contribution in [1.29, 1.82) is 0 Å². The number of carbonyl (C=O) groups excluding carboxylic acids is 1. The van der Waals surface area contributed by atoms with Crippen molar-refractivity contribution in [2.75, 3.05) is 13.7 Å². The van der Waals surface area contributed by atoms with E-state index in [4.69, 9.17) is 9.47 Å². The number of hydrogen-bond acceptors (Lipinski definition) is 3. The molecule has 0 radical (unpaired) electrons. The summed E-state index contributed by atoms with van der Waals surface area (Å²) < 4.78 is 11.7. The molecule has 0 aliphatic carbocycles. The van der Waals surface area contributed by atoms with Gasteiger partial charge in [0.15, 0.2) is 0 Å². The molecule has 1 atom stereocenters. The van der Waals surface area contributed by atoms with E-state index in [1.54, 1.807) is 12.0 Å². The van der Waals surface area contributed by atoms with Crippen LogP contribution in [-0.4, -0.2) is 30.2 Å². The van der Waals surface area contributed by atoms with E-state index in [1.807, 2.05) is 39.8 Å². The first-order chi connectivity index (χ1) is 9.73. The molecule has 2 rings (SSSR count). The predicted molar refractivity (Wildman–Crippen MR) is 85.8 cm³/mol. The maximum atomic E-state index is 12.3. The summed E-state index contributed by atoms with van der Waals surface area (Å²) in [4.78, 5) is 14.1. The molecule has 0 bridgehead atoms. The van der Waals surface area contributed by atoms with Crippen LogP contribution < -0.4 is 4.74 Å². The monoisotopic (exact) mass is 355 g/mol. The lowest BCUT2D eigenvalue weighted by atomic mass is 9.93. The number of ether oxygens (including phenoxy) is 2. The molecular formula is C16H22BrNO3. The number of halogens is 1. The van der Waals surface area contributed by atoms with Crippen molar-refractivity contribution in [3.05, 3.63) is 27.7 Å². The van der Waals surface area contributed by atoms with Crippen molar-refractivity contribution >= 4 is 22.0 Å². The zero-order valence-electron chi connectivity index (χ0n) is 13.2. The van der Waals surface area contributed by atoms with Gasteiger partial charge in [0.25, 0.3) is 0 Å². The molecule has 5 heteroatoms. The van der Waals surface area contributed by atoms with Crippen LogP contribution >= 0.6 is 15.9 Å². The van der Waals surface area contributed by atoms with Crippen molar-refractivity contribution in [1.82, 2.24) is 4.90 Å². The number of hydrogen-bond donors (Lipinski definition) is 0. The first-order valence-electron chi connectivity index (χ1n) is 7.09. The molecule has 0 spiro atoms. The normalized spacial score (nSPS) is 18.2. The van der Waals surface area contributed by atoms with Crippen LogP contribution in [0.4, 0.5) is 4.79 Å². The fourth-order valence-corrected chi connectivity index (χ4v) is 3.07. The molecule has 0 saturated carbocycles. The van der Waals surface area contributed by atoms with Gasteiger partial charge in [0, 0.05) is 6.54 Å². The van der Waals surface area contributed by atoms with E-state index in [-0.39, 0.29) is 12.1 Å². The van der Waals surface area contributed by atoms with Crippen LogP contribution in [0.5, 0.6) is 5.75 Å². The lowest BCUT2D eigenvalue weighted by Crippen LogP contribution is -2.42. The van der Waals surface area contributed by atoms with Crippen molar-refractivity contribution in [3.8, 4) is 5.75 Å². The van der Waals surface area contributed by atoms with E-state index in [0.717, 1.165) is 22.2 Å². The van der Waals surface area contributed by atoms with Gasteiger partial charge >= 0.3 is 6.09 Å². The van der Waals surface area contributed by atoms with Crippen molar-refractivity contribution in [3.63, 3.8) is 0 Å². The Morgan fingerprint density at radius 1 is 1.38 bits per heavy atom. The van der Waals surface area contributed by atoms with Gasteiger partial charge in [-0.05, 0) is 73.3 Å². The molecule has 0 N–H and O–H groups in total. The second kappa shape index (κ2) is 5.87. The number of methoxy groups -OCH3 is 1. The van der Waals surface area contributed by atoms with E-state index < -0.39 is 5.60 Å². The Labute approximate surface area is 134 Å². The highest BCUT2D eigenvalue weighted by Gasteiger charge is 2.31. The first kappa shape index (κ1) is 16.1. The number of rotatable bonds is 1. The molecule has 0 aromatic heterocycles. The molecule has 1 aliphatic heterocycles. The van der Waals surface area contributed by atoms with Crippen LogP contribution in [0, 0.1) is 0 Å². The van der Waals surface area contributed by atoms with E-state index in [0.29, 0.717) is 6.54 Å². The largest absolute Gasteiger partial charge is 0.496 e. The van der Waals surface area contributed by atoms with Crippen LogP contribution in [-0.2, 0) is 11.2 Å². The van der Waals surface area contributed by atoms with Crippen molar-refractivity contribution < 1.29 is 14.3 Å². The minimum Gasteiger partial charge on any atom is -0.496 e. The summed E-state index contributed by atoms with van der Waals surface area (Å²) in [6.45, 7) is 8.34. The van der Waals surface area contributed by atoms with E-state index in [2.05, 4.69) is 15.9 Å². The molecule has 1 aliphatic rings. The van der Waals surface area contributed by atoms with Gasteiger partial charge in [-0.3, -0.25) is 0 Å². The SMILES string of the molecule is COc1cc2c(cc1Br)[C@@H](C)N(C(=O)OC(C)(C)C)CC2. The van der Waals surface area contributed by atoms with Gasteiger partial charge in [-0.25, -0.2) is 4.79 Å². The number of benzene rings is 1. The molecular weight excluding hydrogens is 334 g/mol. The Hall–Kier alpha value is -1.23. The summed E-state index contributed by atoms with van der Waals surface area (Å²) in [5.41, 5.74) is 1.89. The van der Waals surface area contributed by atoms with Crippen molar-refractivity contribution in [2.45, 2.75) is 45.8 Å². The summed E-state index contributed by atoms with van der Waals surface area (Å²) in [6.07, 6.45) is 0.551. The summed E-state index contributed by atoms with van der Waals surface area (Å²) in [6, 6.07) is 4.07. The fraction of sp³-hybridized carbons (Fsp3) is 0.562. The van der Waals surface area contributed by atoms with E-state index in [1.165, 1.54) is 5.56 Å². The molecule has 116 valence electrons. The molecule has 0 fully saturated rings. The second-order valence-electron chi connectivity index (χ2n) is 6.29. The molecule has 1 heterocycles. The Kier molecular flexibility index (Phi) is 4.51. The minimum absolute atomic E-state index is 0.00851. The molecule has 0 unspecified atom stereocenters. The minimum atomic E-state index is -0.475. The number of fused-ring (bicyclic) bond motifs is 1. The van der Waals surface area contributed by atoms with Gasteiger partial charge in [0.1, 0.15) is 11.4 Å². The summed E-state index contributed by atoms with van der Waals surface area (Å²) in [7, 11) is 1.66. The van der Waals surface area contributed by atoms with Gasteiger partial charge in [0.2, 0.25) is 0 Å². The van der Waals surface area contributed by atoms with E-state index in [9.17, 15) is 4.79 Å². The highest BCUT2D eigenvalue weighted by Crippen LogP contribution is 2.37. The molecule has 21 heavy (non-hydrogen) atoms. The molecule has 1 aromatic carbocycles. The number of amides is 1. The Balaban J connectivity index is 2.26. The first-order valence-corrected chi connectivity index (χ1v) is 7.88. The zero-order valence-corrected chi connectivity index (χ0v) is 14.8. The van der Waals surface area contributed by atoms with Gasteiger partial charge in [0.05, 0.1) is 17.6 Å². The lowest BCUT2D eigenvalue weighted by molar-refractivity contribution is 0.0159. The second-order valence-corrected chi connectivity index (χ2v) is 7.14. The molecule has 0 saturated heterocycles. The molecule has 4 nitrogen and oxygen atoms in total. The number of nitrogens with zero attached hydrogens (tertiary/aromatic N) is 1. The number of carbonyl (C=O) groups is 1. The van der Waals surface area contributed by atoms with Gasteiger partial charge in [-0.1, -0.05) is 0 Å². The standard InChI is InChI=1S/C16H22BrNO3/c1-10-12-9-13(17)14(20-5)8-11(12)6-7-18(10)15(19)21-16(2,3)4/h8-10H,6-7H2,1-5H3/t10-/m1/s1. The van der Waals surface area contributed by atoms with Crippen LogP contribution in [0.1, 0.15) is 44.9 Å². The predicted octanol–water partition coefficient (Wildman–Crippen LogP) is 4.31. The molecule has 1 aromatic rings. The van der Waals surface area contributed by atoms with Crippen LogP contribution in [0.3, 0.4) is 0 Å². The zero-order chi connectivity index (χ0) is 15.8. The maximum absolute atomic E-state index is 12.3. The fourth-order valence-electron chi connectivity index (χ4n) is 2.55. The van der Waals surface area contributed by atoms with Gasteiger partial charge in [-0.2, -0.15) is 0 Å². The smallest absolute Gasteiger partial charge is 0.410 e. The third-order valence-corrected chi connectivity index (χ3v) is 4.20. The average molecular weight is 356 g/mol. The Bertz CT molecular complexity index is 551. The molecule has 1 amide bonds. The average Bonchev–Trinajstić information content (AvgIpc) is 2.37. The Morgan fingerprint density at radius 3 is 2.62 bits per heavy atom. The third kappa shape index (κ3) is 3.51. The van der Waals surface area contributed by atoms with Gasteiger partial charge in [-0.15, -0.1) is 0 Å². The Morgan fingerprint density at radius 2 is 2.05 bits per heavy atom.